The molecule has 0 spiro atoms. The lowest BCUT2D eigenvalue weighted by Crippen LogP contribution is -2.50. The number of hydrogen-bond acceptors (Lipinski definition) is 5. The van der Waals surface area contributed by atoms with Gasteiger partial charge in [-0.15, -0.1) is 0 Å². The summed E-state index contributed by atoms with van der Waals surface area (Å²) in [6.45, 7) is 4.27. The van der Waals surface area contributed by atoms with Crippen LogP contribution in [0.1, 0.15) is 97.3 Å². The molecule has 0 saturated heterocycles. The van der Waals surface area contributed by atoms with Crippen molar-refractivity contribution in [3.63, 3.8) is 0 Å². The summed E-state index contributed by atoms with van der Waals surface area (Å²) in [5, 5.41) is 22.8. The van der Waals surface area contributed by atoms with Crippen LogP contribution in [-0.2, 0) is 14.9 Å². The fourth-order valence-corrected chi connectivity index (χ4v) is 3.99. The number of amides is 1. The number of allylic oxidation sites excluding steroid dienone is 3. The second kappa shape index (κ2) is 19.3. The van der Waals surface area contributed by atoms with Gasteiger partial charge in [-0.2, -0.15) is 8.42 Å². The molecular formula is C24H45NO6S. The Labute approximate surface area is 195 Å². The smallest absolute Gasteiger partial charge is 0.267 e. The van der Waals surface area contributed by atoms with E-state index in [0.717, 1.165) is 57.8 Å². The van der Waals surface area contributed by atoms with Crippen LogP contribution < -0.4 is 5.32 Å². The first kappa shape index (κ1) is 30.8. The number of rotatable bonds is 20. The molecular weight excluding hydrogens is 430 g/mol. The molecule has 0 heterocycles. The quantitative estimate of drug-likeness (QED) is 0.118. The van der Waals surface area contributed by atoms with Crippen LogP contribution in [0.5, 0.6) is 0 Å². The molecule has 4 N–H and O–H groups in total. The van der Waals surface area contributed by atoms with Crippen LogP contribution in [0, 0.1) is 0 Å². The molecule has 32 heavy (non-hydrogen) atoms. The van der Waals surface area contributed by atoms with Crippen molar-refractivity contribution < 1.29 is 28.0 Å². The predicted molar refractivity (Wildman–Crippen MR) is 130 cm³/mol. The molecule has 3 unspecified atom stereocenters. The third kappa shape index (κ3) is 18.4. The van der Waals surface area contributed by atoms with Crippen molar-refractivity contribution in [2.75, 3.05) is 5.75 Å². The van der Waals surface area contributed by atoms with E-state index in [1.165, 1.54) is 18.9 Å². The van der Waals surface area contributed by atoms with Crippen LogP contribution in [0.2, 0.25) is 0 Å². The summed E-state index contributed by atoms with van der Waals surface area (Å²) < 4.78 is 31.8. The Hall–Kier alpha value is -1.22. The highest BCUT2D eigenvalue weighted by molar-refractivity contribution is 7.85. The van der Waals surface area contributed by atoms with Gasteiger partial charge in [0.2, 0.25) is 5.91 Å². The van der Waals surface area contributed by atoms with Crippen molar-refractivity contribution in [2.24, 2.45) is 0 Å². The summed E-state index contributed by atoms with van der Waals surface area (Å²) in [5.74, 6) is -1.56. The lowest BCUT2D eigenvalue weighted by Gasteiger charge is -2.22. The van der Waals surface area contributed by atoms with Crippen molar-refractivity contribution in [2.45, 2.75) is 116 Å². The van der Waals surface area contributed by atoms with E-state index in [0.29, 0.717) is 6.42 Å². The average Bonchev–Trinajstić information content (AvgIpc) is 2.73. The van der Waals surface area contributed by atoms with Crippen molar-refractivity contribution in [1.82, 2.24) is 5.32 Å². The first-order valence-electron chi connectivity index (χ1n) is 12.1. The van der Waals surface area contributed by atoms with E-state index < -0.39 is 40.0 Å². The van der Waals surface area contributed by atoms with Gasteiger partial charge in [0.05, 0.1) is 17.9 Å². The third-order valence-electron chi connectivity index (χ3n) is 5.23. The third-order valence-corrected chi connectivity index (χ3v) is 6.01. The van der Waals surface area contributed by atoms with E-state index in [1.807, 2.05) is 0 Å². The average molecular weight is 476 g/mol. The minimum atomic E-state index is -4.41. The fourth-order valence-electron chi connectivity index (χ4n) is 3.26. The van der Waals surface area contributed by atoms with Crippen LogP contribution in [-0.4, -0.2) is 53.1 Å². The molecule has 0 radical (unpaired) electrons. The van der Waals surface area contributed by atoms with Gasteiger partial charge >= 0.3 is 0 Å². The number of carbonyl (C=O) groups is 1. The zero-order valence-corrected chi connectivity index (χ0v) is 20.7. The molecule has 8 heteroatoms. The van der Waals surface area contributed by atoms with Gasteiger partial charge in [0, 0.05) is 0 Å². The Balaban J connectivity index is 4.45. The lowest BCUT2D eigenvalue weighted by molar-refractivity contribution is -0.130. The molecule has 0 aromatic carbocycles. The van der Waals surface area contributed by atoms with Gasteiger partial charge in [-0.25, -0.2) is 0 Å². The summed E-state index contributed by atoms with van der Waals surface area (Å²) in [4.78, 5) is 12.3. The number of aliphatic hydroxyl groups is 2. The van der Waals surface area contributed by atoms with E-state index in [1.54, 1.807) is 6.08 Å². The SMILES string of the molecule is CCCC/C=C\CCCCCC(O)C(=O)NC(CS(=O)(=O)O)C(O)/C=C/CCCCCC. The van der Waals surface area contributed by atoms with Gasteiger partial charge in [-0.3, -0.25) is 9.35 Å². The van der Waals surface area contributed by atoms with Crippen LogP contribution in [0.15, 0.2) is 24.3 Å². The maximum absolute atomic E-state index is 12.3. The largest absolute Gasteiger partial charge is 0.387 e. The number of aliphatic hydroxyl groups excluding tert-OH is 2. The summed E-state index contributed by atoms with van der Waals surface area (Å²) >= 11 is 0. The molecule has 0 aromatic rings. The molecule has 0 rings (SSSR count). The highest BCUT2D eigenvalue weighted by Gasteiger charge is 2.27. The first-order chi connectivity index (χ1) is 15.2. The van der Waals surface area contributed by atoms with E-state index in [-0.39, 0.29) is 6.42 Å². The monoisotopic (exact) mass is 475 g/mol. The summed E-state index contributed by atoms with van der Waals surface area (Å²) in [7, 11) is -4.41. The van der Waals surface area contributed by atoms with Gasteiger partial charge in [0.25, 0.3) is 10.1 Å². The lowest BCUT2D eigenvalue weighted by atomic mass is 10.1. The topological polar surface area (TPSA) is 124 Å². The van der Waals surface area contributed by atoms with E-state index in [2.05, 4.69) is 31.3 Å². The second-order valence-corrected chi connectivity index (χ2v) is 9.90. The summed E-state index contributed by atoms with van der Waals surface area (Å²) in [6, 6.07) is -1.23. The molecule has 0 fully saturated rings. The molecule has 0 aliphatic rings. The summed E-state index contributed by atoms with van der Waals surface area (Å²) in [5.41, 5.74) is 0. The zero-order chi connectivity index (χ0) is 24.2. The van der Waals surface area contributed by atoms with Gasteiger partial charge in [-0.1, -0.05) is 83.1 Å². The van der Waals surface area contributed by atoms with E-state index in [9.17, 15) is 23.4 Å². The van der Waals surface area contributed by atoms with Crippen molar-refractivity contribution in [3.05, 3.63) is 24.3 Å². The molecule has 1 amide bonds. The Bertz CT molecular complexity index is 632. The van der Waals surface area contributed by atoms with Crippen LogP contribution in [0.3, 0.4) is 0 Å². The van der Waals surface area contributed by atoms with Gasteiger partial charge in [0.1, 0.15) is 6.10 Å². The zero-order valence-electron chi connectivity index (χ0n) is 19.9. The second-order valence-electron chi connectivity index (χ2n) is 8.40. The standard InChI is InChI=1S/C24H45NO6S/c1-3-5-7-9-11-12-13-15-17-19-23(27)24(28)25-21(20-32(29,30)31)22(26)18-16-14-10-8-6-4-2/h9,11,16,18,21-23,26-27H,3-8,10,12-15,17,19-20H2,1-2H3,(H,25,28)(H,29,30,31)/b11-9-,18-16+. The summed E-state index contributed by atoms with van der Waals surface area (Å²) in [6.07, 6.45) is 17.2. The van der Waals surface area contributed by atoms with Crippen LogP contribution in [0.25, 0.3) is 0 Å². The van der Waals surface area contributed by atoms with Gasteiger partial charge in [0.15, 0.2) is 0 Å². The van der Waals surface area contributed by atoms with Crippen molar-refractivity contribution >= 4 is 16.0 Å². The molecule has 0 aromatic heterocycles. The van der Waals surface area contributed by atoms with E-state index in [4.69, 9.17) is 4.55 Å². The van der Waals surface area contributed by atoms with E-state index >= 15 is 0 Å². The first-order valence-corrected chi connectivity index (χ1v) is 13.8. The minimum absolute atomic E-state index is 0.257. The highest BCUT2D eigenvalue weighted by atomic mass is 32.2. The molecule has 0 aliphatic carbocycles. The normalized spacial score (nSPS) is 15.3. The molecule has 0 bridgehead atoms. The predicted octanol–water partition coefficient (Wildman–Crippen LogP) is 4.30. The molecule has 7 nitrogen and oxygen atoms in total. The maximum Gasteiger partial charge on any atom is 0.267 e. The Morgan fingerprint density at radius 3 is 2.00 bits per heavy atom. The fraction of sp³-hybridized carbons (Fsp3) is 0.792. The number of carbonyl (C=O) groups excluding carboxylic acids is 1. The van der Waals surface area contributed by atoms with Crippen LogP contribution in [0.4, 0.5) is 0 Å². The Morgan fingerprint density at radius 1 is 0.844 bits per heavy atom. The number of nitrogens with one attached hydrogen (secondary N) is 1. The highest BCUT2D eigenvalue weighted by Crippen LogP contribution is 2.09. The number of unbranched alkanes of at least 4 members (excludes halogenated alkanes) is 9. The van der Waals surface area contributed by atoms with Crippen molar-refractivity contribution in [3.8, 4) is 0 Å². The molecule has 0 aliphatic heterocycles. The van der Waals surface area contributed by atoms with Crippen LogP contribution >= 0.6 is 0 Å². The Morgan fingerprint density at radius 2 is 1.41 bits per heavy atom. The number of hydrogen-bond donors (Lipinski definition) is 4. The maximum atomic E-state index is 12.3. The van der Waals surface area contributed by atoms with Crippen molar-refractivity contribution in [1.29, 1.82) is 0 Å². The Kier molecular flexibility index (Phi) is 18.5. The minimum Gasteiger partial charge on any atom is -0.387 e. The molecule has 3 atom stereocenters. The van der Waals surface area contributed by atoms with Gasteiger partial charge in [-0.05, 0) is 38.5 Å². The molecule has 0 saturated carbocycles. The van der Waals surface area contributed by atoms with Gasteiger partial charge < -0.3 is 15.5 Å². The molecule has 188 valence electrons.